The van der Waals surface area contributed by atoms with Gasteiger partial charge in [-0.25, -0.2) is 8.78 Å². The summed E-state index contributed by atoms with van der Waals surface area (Å²) in [7, 11) is 0. The number of benzene rings is 3. The van der Waals surface area contributed by atoms with Gasteiger partial charge in [0.2, 0.25) is 5.91 Å². The SMILES string of the molecule is O=C1[C@H](CC[C@H](O)c2ccc(F)cc2)[C@@H](c2ccc(CC[C@@H]3O[C@H](CO)[C@@H](O)[C@H](O)[C@H]3O)cc2O)N1c1ccc(F)cc1. The molecule has 2 saturated heterocycles. The first-order chi connectivity index (χ1) is 20.6. The molecule has 230 valence electrons. The minimum Gasteiger partial charge on any atom is -0.508 e. The molecule has 5 rings (SSSR count). The Morgan fingerprint density at radius 3 is 2.09 bits per heavy atom. The second kappa shape index (κ2) is 13.0. The minimum absolute atomic E-state index is 0.0833. The molecule has 2 heterocycles. The highest BCUT2D eigenvalue weighted by Gasteiger charge is 2.49. The van der Waals surface area contributed by atoms with Gasteiger partial charge in [0.15, 0.2) is 0 Å². The molecule has 0 spiro atoms. The van der Waals surface area contributed by atoms with Gasteiger partial charge in [-0.2, -0.15) is 0 Å². The molecule has 0 bridgehead atoms. The standard InChI is InChI=1S/C32H35F2NO8/c33-19-5-3-18(4-6-19)24(37)13-12-23-28(35(32(23)42)21-9-7-20(34)8-10-21)22-11-1-17(15-25(22)38)2-14-26-29(39)31(41)30(40)27(16-36)43-26/h1,3-11,15,23-24,26-31,36-41H,2,12-14,16H2/t23-,24+,26+,27-,28-,29+,30-,31-/m1/s1. The Morgan fingerprint density at radius 2 is 1.47 bits per heavy atom. The van der Waals surface area contributed by atoms with E-state index in [1.807, 2.05) is 0 Å². The van der Waals surface area contributed by atoms with Crippen LogP contribution in [-0.2, 0) is 16.0 Å². The van der Waals surface area contributed by atoms with E-state index in [1.165, 1.54) is 59.5 Å². The van der Waals surface area contributed by atoms with Crippen molar-refractivity contribution in [3.05, 3.63) is 95.1 Å². The van der Waals surface area contributed by atoms with E-state index in [0.29, 0.717) is 28.8 Å². The third kappa shape index (κ3) is 6.42. The van der Waals surface area contributed by atoms with Gasteiger partial charge in [-0.1, -0.05) is 24.3 Å². The molecule has 43 heavy (non-hydrogen) atoms. The summed E-state index contributed by atoms with van der Waals surface area (Å²) >= 11 is 0. The molecule has 0 radical (unpaired) electrons. The second-order valence-electron chi connectivity index (χ2n) is 11.2. The molecular formula is C32H35F2NO8. The average Bonchev–Trinajstić information content (AvgIpc) is 3.00. The van der Waals surface area contributed by atoms with Crippen molar-refractivity contribution >= 4 is 11.6 Å². The highest BCUT2D eigenvalue weighted by molar-refractivity contribution is 6.03. The molecule has 2 fully saturated rings. The maximum absolute atomic E-state index is 13.6. The lowest BCUT2D eigenvalue weighted by Gasteiger charge is -2.48. The molecule has 0 aromatic heterocycles. The zero-order chi connectivity index (χ0) is 30.8. The molecule has 0 aliphatic carbocycles. The number of hydrogen-bond acceptors (Lipinski definition) is 8. The average molecular weight is 600 g/mol. The predicted molar refractivity (Wildman–Crippen MR) is 151 cm³/mol. The number of aliphatic hydroxyl groups excluding tert-OH is 5. The molecule has 0 saturated carbocycles. The van der Waals surface area contributed by atoms with Gasteiger partial charge in [0.1, 0.15) is 41.8 Å². The summed E-state index contributed by atoms with van der Waals surface area (Å²) in [5.41, 5.74) is 2.12. The third-order valence-electron chi connectivity index (χ3n) is 8.45. The van der Waals surface area contributed by atoms with Crippen molar-refractivity contribution in [2.75, 3.05) is 11.5 Å². The summed E-state index contributed by atoms with van der Waals surface area (Å²) < 4.78 is 32.5. The molecule has 8 atom stereocenters. The fourth-order valence-corrected chi connectivity index (χ4v) is 5.99. The van der Waals surface area contributed by atoms with Gasteiger partial charge < -0.3 is 40.3 Å². The lowest BCUT2D eigenvalue weighted by molar-refractivity contribution is -0.230. The van der Waals surface area contributed by atoms with Crippen molar-refractivity contribution in [1.29, 1.82) is 0 Å². The predicted octanol–water partition coefficient (Wildman–Crippen LogP) is 2.66. The van der Waals surface area contributed by atoms with Gasteiger partial charge in [0.25, 0.3) is 0 Å². The normalized spacial score (nSPS) is 28.0. The number of aryl methyl sites for hydroxylation is 1. The number of phenols is 1. The molecule has 9 nitrogen and oxygen atoms in total. The maximum atomic E-state index is 13.6. The highest BCUT2D eigenvalue weighted by atomic mass is 19.1. The fraction of sp³-hybridized carbons (Fsp3) is 0.406. The first-order valence-corrected chi connectivity index (χ1v) is 14.2. The highest BCUT2D eigenvalue weighted by Crippen LogP contribution is 2.48. The number of rotatable bonds is 10. The van der Waals surface area contributed by atoms with Crippen molar-refractivity contribution in [3.63, 3.8) is 0 Å². The van der Waals surface area contributed by atoms with Gasteiger partial charge in [-0.15, -0.1) is 0 Å². The van der Waals surface area contributed by atoms with Crippen LogP contribution in [0, 0.1) is 17.6 Å². The lowest BCUT2D eigenvalue weighted by atomic mass is 9.77. The smallest absolute Gasteiger partial charge is 0.233 e. The van der Waals surface area contributed by atoms with E-state index in [-0.39, 0.29) is 30.9 Å². The summed E-state index contributed by atoms with van der Waals surface area (Å²) in [6.07, 6.45) is -6.01. The van der Waals surface area contributed by atoms with Crippen LogP contribution >= 0.6 is 0 Å². The van der Waals surface area contributed by atoms with Crippen LogP contribution in [0.15, 0.2) is 66.7 Å². The van der Waals surface area contributed by atoms with Crippen molar-refractivity contribution in [3.8, 4) is 5.75 Å². The number of anilines is 1. The second-order valence-corrected chi connectivity index (χ2v) is 11.2. The number of ether oxygens (including phenoxy) is 1. The Morgan fingerprint density at radius 1 is 0.837 bits per heavy atom. The van der Waals surface area contributed by atoms with Crippen LogP contribution in [-0.4, -0.2) is 73.7 Å². The molecule has 11 heteroatoms. The van der Waals surface area contributed by atoms with Crippen molar-refractivity contribution in [2.45, 2.75) is 68.3 Å². The lowest BCUT2D eigenvalue weighted by Crippen LogP contribution is -2.58. The van der Waals surface area contributed by atoms with Gasteiger partial charge in [0.05, 0.1) is 30.8 Å². The van der Waals surface area contributed by atoms with E-state index in [9.17, 15) is 44.2 Å². The van der Waals surface area contributed by atoms with Crippen LogP contribution in [0.5, 0.6) is 5.75 Å². The van der Waals surface area contributed by atoms with E-state index < -0.39 is 66.8 Å². The zero-order valence-corrected chi connectivity index (χ0v) is 23.2. The first kappa shape index (κ1) is 31.0. The van der Waals surface area contributed by atoms with Crippen LogP contribution in [0.4, 0.5) is 14.5 Å². The topological polar surface area (TPSA) is 151 Å². The number of aromatic hydroxyl groups is 1. The maximum Gasteiger partial charge on any atom is 0.233 e. The largest absolute Gasteiger partial charge is 0.508 e. The minimum atomic E-state index is -1.47. The van der Waals surface area contributed by atoms with E-state index in [2.05, 4.69) is 0 Å². The van der Waals surface area contributed by atoms with Crippen LogP contribution in [0.2, 0.25) is 0 Å². The zero-order valence-electron chi connectivity index (χ0n) is 23.2. The molecule has 0 unspecified atom stereocenters. The number of β-lactam (4-membered cyclic amide) rings is 1. The Kier molecular flexibility index (Phi) is 9.40. The van der Waals surface area contributed by atoms with Crippen molar-refractivity contribution in [1.82, 2.24) is 0 Å². The summed E-state index contributed by atoms with van der Waals surface area (Å²) in [5, 5.41) is 61.6. The summed E-state index contributed by atoms with van der Waals surface area (Å²) in [6.45, 7) is -0.524. The van der Waals surface area contributed by atoms with E-state index in [0.717, 1.165) is 0 Å². The Bertz CT molecular complexity index is 1400. The number of hydrogen-bond donors (Lipinski definition) is 6. The molecule has 3 aromatic rings. The molecule has 2 aliphatic rings. The van der Waals surface area contributed by atoms with Gasteiger partial charge in [-0.3, -0.25) is 4.79 Å². The third-order valence-corrected chi connectivity index (χ3v) is 8.45. The molecule has 1 amide bonds. The number of carbonyl (C=O) groups is 1. The van der Waals surface area contributed by atoms with E-state index in [4.69, 9.17) is 4.74 Å². The van der Waals surface area contributed by atoms with E-state index in [1.54, 1.807) is 12.1 Å². The Labute approximate surface area is 247 Å². The molecule has 6 N–H and O–H groups in total. The van der Waals surface area contributed by atoms with Gasteiger partial charge >= 0.3 is 0 Å². The van der Waals surface area contributed by atoms with Crippen molar-refractivity contribution < 1.29 is 49.0 Å². The molecular weight excluding hydrogens is 564 g/mol. The molecule has 3 aromatic carbocycles. The number of amides is 1. The quantitative estimate of drug-likeness (QED) is 0.195. The summed E-state index contributed by atoms with van der Waals surface area (Å²) in [4.78, 5) is 14.8. The number of phenolic OH excluding ortho intramolecular Hbond substituents is 1. The Hall–Kier alpha value is -3.45. The van der Waals surface area contributed by atoms with Gasteiger partial charge in [0, 0.05) is 11.3 Å². The van der Waals surface area contributed by atoms with Crippen LogP contribution in [0.3, 0.4) is 0 Å². The van der Waals surface area contributed by atoms with Gasteiger partial charge in [-0.05, 0) is 79.3 Å². The number of nitrogens with zero attached hydrogens (tertiary/aromatic N) is 1. The fourth-order valence-electron chi connectivity index (χ4n) is 5.99. The van der Waals surface area contributed by atoms with E-state index >= 15 is 0 Å². The number of carbonyl (C=O) groups excluding carboxylic acids is 1. The van der Waals surface area contributed by atoms with Crippen LogP contribution in [0.25, 0.3) is 0 Å². The molecule has 2 aliphatic heterocycles. The monoisotopic (exact) mass is 599 g/mol. The summed E-state index contributed by atoms with van der Waals surface area (Å²) in [5.74, 6) is -1.80. The van der Waals surface area contributed by atoms with Crippen LogP contribution < -0.4 is 4.90 Å². The summed E-state index contributed by atoms with van der Waals surface area (Å²) in [6, 6.07) is 15.3. The Balaban J connectivity index is 1.33. The first-order valence-electron chi connectivity index (χ1n) is 14.2. The number of aliphatic hydroxyl groups is 5. The van der Waals surface area contributed by atoms with Crippen molar-refractivity contribution in [2.24, 2.45) is 5.92 Å². The number of halogens is 2. The van der Waals surface area contributed by atoms with Crippen LogP contribution in [0.1, 0.15) is 48.1 Å².